The second-order valence-electron chi connectivity index (χ2n) is 20.6. The number of aliphatic imine (C=N–C) groups is 2. The zero-order valence-corrected chi connectivity index (χ0v) is 38.2. The van der Waals surface area contributed by atoms with Gasteiger partial charge in [0.1, 0.15) is 11.2 Å². The first-order valence-electron chi connectivity index (χ1n) is 22.4. The van der Waals surface area contributed by atoms with E-state index in [0.29, 0.717) is 12.3 Å². The molecule has 0 bridgehead atoms. The largest absolute Gasteiger partial charge is 0.455 e. The first kappa shape index (κ1) is 40.5. The van der Waals surface area contributed by atoms with Crippen molar-refractivity contribution in [1.82, 2.24) is 0 Å². The number of benzene rings is 7. The van der Waals surface area contributed by atoms with Crippen molar-refractivity contribution in [3.63, 3.8) is 0 Å². The zero-order valence-electron chi connectivity index (χ0n) is 38.2. The van der Waals surface area contributed by atoms with Crippen LogP contribution in [0.4, 0.5) is 0 Å². The van der Waals surface area contributed by atoms with Gasteiger partial charge in [-0.3, -0.25) is 4.99 Å². The summed E-state index contributed by atoms with van der Waals surface area (Å²) >= 11 is 0. The standard InChI is InChI=1S/C60H56N2O/c1-37-36-60(10,43-24-15-12-16-25-43)62-56(38-20-13-11-14-21-38)61-53(37)46-30-31-49(57(2,3)4)55-52(46)47-33-42(35-51(54(47)63-55)58(5,6)7)40-23-19-22-39(32-40)41-28-29-45-44-26-17-18-27-48(44)59(8,9)50(45)34-41/h11-35H,1,36H2,2-10H3. The minimum atomic E-state index is -0.576. The smallest absolute Gasteiger partial charge is 0.156 e. The summed E-state index contributed by atoms with van der Waals surface area (Å²) in [7, 11) is 0. The van der Waals surface area contributed by atoms with E-state index < -0.39 is 5.54 Å². The Morgan fingerprint density at radius 2 is 1.13 bits per heavy atom. The van der Waals surface area contributed by atoms with E-state index in [2.05, 4.69) is 208 Å². The summed E-state index contributed by atoms with van der Waals surface area (Å²) in [5, 5.41) is 2.15. The van der Waals surface area contributed by atoms with E-state index in [4.69, 9.17) is 21.0 Å². The van der Waals surface area contributed by atoms with Crippen LogP contribution in [-0.4, -0.2) is 11.5 Å². The molecule has 3 nitrogen and oxygen atoms in total. The average molecular weight is 821 g/mol. The second-order valence-corrected chi connectivity index (χ2v) is 20.6. The topological polar surface area (TPSA) is 37.9 Å². The highest BCUT2D eigenvalue weighted by atomic mass is 16.3. The Morgan fingerprint density at radius 3 is 1.84 bits per heavy atom. The van der Waals surface area contributed by atoms with E-state index in [1.54, 1.807) is 0 Å². The molecular weight excluding hydrogens is 765 g/mol. The Bertz CT molecular complexity index is 3200. The Hall–Kier alpha value is -6.58. The fourth-order valence-electron chi connectivity index (χ4n) is 10.2. The van der Waals surface area contributed by atoms with E-state index >= 15 is 0 Å². The number of fused-ring (bicyclic) bond motifs is 6. The molecule has 0 amide bonds. The molecule has 63 heavy (non-hydrogen) atoms. The fraction of sp³-hybridized carbons (Fsp3) is 0.233. The summed E-state index contributed by atoms with van der Waals surface area (Å²) in [6, 6.07) is 55.1. The molecule has 10 rings (SSSR count). The van der Waals surface area contributed by atoms with Crippen LogP contribution in [0, 0.1) is 0 Å². The van der Waals surface area contributed by atoms with Crippen LogP contribution in [0.2, 0.25) is 0 Å². The maximum absolute atomic E-state index is 7.25. The molecule has 1 aliphatic carbocycles. The van der Waals surface area contributed by atoms with Crippen molar-refractivity contribution in [3.8, 4) is 33.4 Å². The van der Waals surface area contributed by atoms with Gasteiger partial charge in [0.15, 0.2) is 5.84 Å². The SMILES string of the molecule is C=C1CC(C)(c2ccccc2)N=C(c2ccccc2)N=C1c1ccc(C(C)(C)C)c2oc3c(C(C)(C)C)cc(-c4cccc(-c5ccc6c(c5)C(C)(C)c5ccccc5-6)c4)cc3c12. The molecule has 0 N–H and O–H groups in total. The van der Waals surface area contributed by atoms with Crippen LogP contribution in [0.15, 0.2) is 178 Å². The van der Waals surface area contributed by atoms with Crippen molar-refractivity contribution >= 4 is 33.5 Å². The van der Waals surface area contributed by atoms with E-state index in [0.717, 1.165) is 61.0 Å². The number of nitrogens with zero attached hydrogens (tertiary/aromatic N) is 2. The molecule has 0 fully saturated rings. The van der Waals surface area contributed by atoms with Gasteiger partial charge in [0.25, 0.3) is 0 Å². The molecule has 0 spiro atoms. The molecule has 0 saturated heterocycles. The lowest BCUT2D eigenvalue weighted by molar-refractivity contribution is 0.502. The van der Waals surface area contributed by atoms with Gasteiger partial charge in [0.2, 0.25) is 0 Å². The summed E-state index contributed by atoms with van der Waals surface area (Å²) in [4.78, 5) is 11.0. The van der Waals surface area contributed by atoms with Crippen LogP contribution in [0.1, 0.15) is 108 Å². The number of rotatable bonds is 5. The van der Waals surface area contributed by atoms with Gasteiger partial charge < -0.3 is 4.42 Å². The van der Waals surface area contributed by atoms with Gasteiger partial charge >= 0.3 is 0 Å². The van der Waals surface area contributed by atoms with Gasteiger partial charge in [-0.2, -0.15) is 0 Å². The maximum atomic E-state index is 7.25. The summed E-state index contributed by atoms with van der Waals surface area (Å²) in [6.07, 6.45) is 0.613. The minimum Gasteiger partial charge on any atom is -0.455 e. The van der Waals surface area contributed by atoms with Crippen molar-refractivity contribution in [2.75, 3.05) is 0 Å². The highest BCUT2D eigenvalue weighted by molar-refractivity contribution is 6.28. The third-order valence-electron chi connectivity index (χ3n) is 13.6. The predicted molar refractivity (Wildman–Crippen MR) is 267 cm³/mol. The van der Waals surface area contributed by atoms with Crippen LogP contribution >= 0.6 is 0 Å². The Morgan fingerprint density at radius 1 is 0.524 bits per heavy atom. The Balaban J connectivity index is 1.18. The first-order valence-corrected chi connectivity index (χ1v) is 22.4. The maximum Gasteiger partial charge on any atom is 0.156 e. The molecule has 0 radical (unpaired) electrons. The van der Waals surface area contributed by atoms with E-state index in [9.17, 15) is 0 Å². The van der Waals surface area contributed by atoms with Crippen LogP contribution in [0.25, 0.3) is 55.3 Å². The normalized spacial score (nSPS) is 17.3. The van der Waals surface area contributed by atoms with E-state index in [-0.39, 0.29) is 16.2 Å². The number of amidine groups is 1. The third-order valence-corrected chi connectivity index (χ3v) is 13.6. The molecule has 1 atom stereocenters. The zero-order chi connectivity index (χ0) is 44.1. The molecule has 3 heteroatoms. The Labute approximate surface area is 373 Å². The highest BCUT2D eigenvalue weighted by Crippen LogP contribution is 2.50. The molecule has 7 aromatic carbocycles. The molecule has 2 heterocycles. The van der Waals surface area contributed by atoms with Crippen LogP contribution in [0.3, 0.4) is 0 Å². The van der Waals surface area contributed by atoms with Crippen molar-refractivity contribution in [3.05, 3.63) is 203 Å². The van der Waals surface area contributed by atoms with E-state index in [1.807, 2.05) is 6.07 Å². The summed E-state index contributed by atoms with van der Waals surface area (Å²) in [5.74, 6) is 0.697. The molecule has 8 aromatic rings. The first-order chi connectivity index (χ1) is 30.0. The van der Waals surface area contributed by atoms with Gasteiger partial charge in [-0.05, 0) is 97.7 Å². The lowest BCUT2D eigenvalue weighted by atomic mass is 9.80. The molecule has 1 aromatic heterocycles. The molecule has 1 aliphatic heterocycles. The van der Waals surface area contributed by atoms with Crippen LogP contribution in [-0.2, 0) is 21.8 Å². The number of hydrogen-bond donors (Lipinski definition) is 0. The highest BCUT2D eigenvalue weighted by Gasteiger charge is 2.36. The molecule has 2 aliphatic rings. The second kappa shape index (κ2) is 14.5. The number of hydrogen-bond acceptors (Lipinski definition) is 3. The van der Waals surface area contributed by atoms with Gasteiger partial charge in [0, 0.05) is 44.9 Å². The minimum absolute atomic E-state index is 0.0705. The lowest BCUT2D eigenvalue weighted by Gasteiger charge is -2.26. The van der Waals surface area contributed by atoms with Crippen LogP contribution < -0.4 is 0 Å². The van der Waals surface area contributed by atoms with E-state index in [1.165, 1.54) is 44.5 Å². The molecular formula is C60H56N2O. The van der Waals surface area contributed by atoms with Gasteiger partial charge in [0.05, 0.1) is 11.3 Å². The summed E-state index contributed by atoms with van der Waals surface area (Å²) in [5.41, 5.74) is 18.2. The molecule has 0 saturated carbocycles. The average Bonchev–Trinajstić information content (AvgIpc) is 3.71. The predicted octanol–water partition coefficient (Wildman–Crippen LogP) is 15.9. The van der Waals surface area contributed by atoms with Gasteiger partial charge in [-0.1, -0.05) is 189 Å². The summed E-state index contributed by atoms with van der Waals surface area (Å²) in [6.45, 7) is 25.4. The lowest BCUT2D eigenvalue weighted by Crippen LogP contribution is -2.21. The van der Waals surface area contributed by atoms with Crippen molar-refractivity contribution in [2.24, 2.45) is 9.98 Å². The van der Waals surface area contributed by atoms with Gasteiger partial charge in [-0.15, -0.1) is 0 Å². The van der Waals surface area contributed by atoms with Crippen molar-refractivity contribution < 1.29 is 4.42 Å². The quantitative estimate of drug-likeness (QED) is 0.170. The summed E-state index contributed by atoms with van der Waals surface area (Å²) < 4.78 is 7.25. The van der Waals surface area contributed by atoms with Gasteiger partial charge in [-0.25, -0.2) is 4.99 Å². The van der Waals surface area contributed by atoms with Crippen molar-refractivity contribution in [2.45, 2.75) is 90.5 Å². The van der Waals surface area contributed by atoms with Crippen LogP contribution in [0.5, 0.6) is 0 Å². The van der Waals surface area contributed by atoms with Crippen molar-refractivity contribution in [1.29, 1.82) is 0 Å². The molecule has 312 valence electrons. The molecule has 1 unspecified atom stereocenters. The third kappa shape index (κ3) is 6.81. The Kier molecular flexibility index (Phi) is 9.31. The fourth-order valence-corrected chi connectivity index (χ4v) is 10.2. The number of furan rings is 1. The monoisotopic (exact) mass is 820 g/mol.